The Labute approximate surface area is 147 Å². The minimum atomic E-state index is 0.174. The average Bonchev–Trinajstić information content (AvgIpc) is 3.03. The summed E-state index contributed by atoms with van der Waals surface area (Å²) in [6.45, 7) is 5.00. The van der Waals surface area contributed by atoms with Crippen molar-refractivity contribution < 1.29 is 5.11 Å². The van der Waals surface area contributed by atoms with E-state index < -0.39 is 0 Å². The van der Waals surface area contributed by atoms with Crippen LogP contribution in [0.1, 0.15) is 18.5 Å². The van der Waals surface area contributed by atoms with Crippen LogP contribution in [0.25, 0.3) is 0 Å². The van der Waals surface area contributed by atoms with Gasteiger partial charge in [-0.1, -0.05) is 0 Å². The number of aryl methyl sites for hydroxylation is 1. The maximum absolute atomic E-state index is 9.01. The molecule has 0 spiro atoms. The number of aliphatic hydroxyl groups is 1. The van der Waals surface area contributed by atoms with Gasteiger partial charge in [0.05, 0.1) is 12.3 Å². The van der Waals surface area contributed by atoms with E-state index in [-0.39, 0.29) is 6.61 Å². The van der Waals surface area contributed by atoms with Crippen molar-refractivity contribution in [2.24, 2.45) is 0 Å². The fourth-order valence-corrected chi connectivity index (χ4v) is 3.89. The first kappa shape index (κ1) is 17.0. The Kier molecular flexibility index (Phi) is 5.58. The van der Waals surface area contributed by atoms with Gasteiger partial charge in [-0.25, -0.2) is 4.98 Å². The smallest absolute Gasteiger partial charge is 0.185 e. The monoisotopic (exact) mass is 346 g/mol. The molecule has 0 amide bonds. The number of aromatic nitrogens is 1. The molecule has 2 aromatic rings. The Bertz CT molecular complexity index is 635. The summed E-state index contributed by atoms with van der Waals surface area (Å²) in [5.74, 6) is 0. The Morgan fingerprint density at radius 2 is 2.00 bits per heavy atom. The summed E-state index contributed by atoms with van der Waals surface area (Å²) in [6.07, 6.45) is 2.26. The minimum Gasteiger partial charge on any atom is -0.395 e. The number of likely N-dealkylation sites (N-methyl/N-ethyl adjacent to an activating group) is 1. The van der Waals surface area contributed by atoms with Crippen LogP contribution in [0.2, 0.25) is 0 Å². The molecule has 1 aromatic carbocycles. The minimum absolute atomic E-state index is 0.174. The maximum atomic E-state index is 9.01. The molecular formula is C18H26N4OS. The van der Waals surface area contributed by atoms with E-state index >= 15 is 0 Å². The summed E-state index contributed by atoms with van der Waals surface area (Å²) in [6, 6.07) is 8.97. The van der Waals surface area contributed by atoms with Crippen molar-refractivity contribution in [3.05, 3.63) is 35.3 Å². The number of aliphatic hydroxyl groups excluding tert-OH is 1. The van der Waals surface area contributed by atoms with Crippen molar-refractivity contribution >= 4 is 27.8 Å². The molecule has 0 bridgehead atoms. The van der Waals surface area contributed by atoms with Crippen LogP contribution in [0.4, 0.5) is 16.5 Å². The second-order valence-electron chi connectivity index (χ2n) is 6.37. The molecule has 24 heavy (non-hydrogen) atoms. The molecule has 3 rings (SSSR count). The van der Waals surface area contributed by atoms with Gasteiger partial charge >= 0.3 is 0 Å². The van der Waals surface area contributed by atoms with Gasteiger partial charge in [-0.2, -0.15) is 0 Å². The lowest BCUT2D eigenvalue weighted by Gasteiger charge is -2.32. The summed E-state index contributed by atoms with van der Waals surface area (Å²) in [4.78, 5) is 9.03. The first-order valence-electron chi connectivity index (χ1n) is 8.51. The van der Waals surface area contributed by atoms with E-state index in [9.17, 15) is 0 Å². The number of hydrogen-bond donors (Lipinski definition) is 2. The SMILES string of the molecule is Cc1csc(N2CCC(Nc3ccc(N(C)CCO)cc3)CC2)n1. The highest BCUT2D eigenvalue weighted by molar-refractivity contribution is 7.13. The molecule has 1 saturated heterocycles. The van der Waals surface area contributed by atoms with E-state index in [1.807, 2.05) is 7.05 Å². The van der Waals surface area contributed by atoms with Gasteiger partial charge in [0.15, 0.2) is 5.13 Å². The molecule has 1 aromatic heterocycles. The molecule has 1 aliphatic rings. The van der Waals surface area contributed by atoms with E-state index in [1.165, 1.54) is 5.69 Å². The van der Waals surface area contributed by atoms with Crippen LogP contribution in [0.15, 0.2) is 29.6 Å². The molecule has 2 heterocycles. The number of nitrogens with zero attached hydrogens (tertiary/aromatic N) is 3. The van der Waals surface area contributed by atoms with Gasteiger partial charge in [0.1, 0.15) is 0 Å². The van der Waals surface area contributed by atoms with Crippen LogP contribution < -0.4 is 15.1 Å². The molecule has 2 N–H and O–H groups in total. The number of hydrogen-bond acceptors (Lipinski definition) is 6. The van der Waals surface area contributed by atoms with Crippen molar-refractivity contribution in [1.82, 2.24) is 4.98 Å². The fraction of sp³-hybridized carbons (Fsp3) is 0.500. The molecular weight excluding hydrogens is 320 g/mol. The van der Waals surface area contributed by atoms with Gasteiger partial charge in [0.2, 0.25) is 0 Å². The highest BCUT2D eigenvalue weighted by Gasteiger charge is 2.20. The zero-order valence-corrected chi connectivity index (χ0v) is 15.2. The van der Waals surface area contributed by atoms with Crippen LogP contribution in [0.3, 0.4) is 0 Å². The molecule has 1 fully saturated rings. The molecule has 0 atom stereocenters. The molecule has 130 valence electrons. The number of thiazole rings is 1. The molecule has 0 unspecified atom stereocenters. The zero-order valence-electron chi connectivity index (χ0n) is 14.4. The summed E-state index contributed by atoms with van der Waals surface area (Å²) in [5, 5.41) is 15.9. The van der Waals surface area contributed by atoms with E-state index in [4.69, 9.17) is 5.11 Å². The van der Waals surface area contributed by atoms with Crippen molar-refractivity contribution in [3.8, 4) is 0 Å². The third kappa shape index (κ3) is 4.19. The zero-order chi connectivity index (χ0) is 16.9. The molecule has 5 nitrogen and oxygen atoms in total. The maximum Gasteiger partial charge on any atom is 0.185 e. The highest BCUT2D eigenvalue weighted by atomic mass is 32.1. The van der Waals surface area contributed by atoms with E-state index in [2.05, 4.69) is 56.7 Å². The van der Waals surface area contributed by atoms with Crippen molar-refractivity contribution in [2.45, 2.75) is 25.8 Å². The lowest BCUT2D eigenvalue weighted by Crippen LogP contribution is -2.39. The van der Waals surface area contributed by atoms with Crippen molar-refractivity contribution in [1.29, 1.82) is 0 Å². The van der Waals surface area contributed by atoms with Gasteiger partial charge < -0.3 is 20.2 Å². The van der Waals surface area contributed by atoms with Gasteiger partial charge in [0, 0.05) is 49.5 Å². The van der Waals surface area contributed by atoms with Crippen LogP contribution in [0, 0.1) is 6.92 Å². The van der Waals surface area contributed by atoms with Crippen LogP contribution in [-0.2, 0) is 0 Å². The van der Waals surface area contributed by atoms with Gasteiger partial charge in [0.25, 0.3) is 0 Å². The third-order valence-corrected chi connectivity index (χ3v) is 5.51. The Morgan fingerprint density at radius 1 is 1.29 bits per heavy atom. The molecule has 6 heteroatoms. The third-order valence-electron chi connectivity index (χ3n) is 4.49. The quantitative estimate of drug-likeness (QED) is 0.842. The van der Waals surface area contributed by atoms with Gasteiger partial charge in [-0.3, -0.25) is 0 Å². The number of rotatable bonds is 6. The standard InChI is InChI=1S/C18H26N4OS/c1-14-13-24-18(19-14)22-9-7-16(8-10-22)20-15-3-5-17(6-4-15)21(2)11-12-23/h3-6,13,16,20,23H,7-12H2,1-2H3. The molecule has 0 aliphatic carbocycles. The Morgan fingerprint density at radius 3 is 2.58 bits per heavy atom. The lowest BCUT2D eigenvalue weighted by molar-refractivity contribution is 0.304. The Hall–Kier alpha value is -1.79. The first-order chi connectivity index (χ1) is 11.7. The Balaban J connectivity index is 1.51. The summed E-state index contributed by atoms with van der Waals surface area (Å²) in [5.41, 5.74) is 3.41. The normalized spacial score (nSPS) is 15.5. The number of anilines is 3. The summed E-state index contributed by atoms with van der Waals surface area (Å²) >= 11 is 1.74. The number of benzene rings is 1. The average molecular weight is 347 g/mol. The first-order valence-corrected chi connectivity index (χ1v) is 9.39. The number of piperidine rings is 1. The molecule has 0 radical (unpaired) electrons. The fourth-order valence-electron chi connectivity index (χ4n) is 3.03. The molecule has 0 saturated carbocycles. The van der Waals surface area contributed by atoms with E-state index in [0.29, 0.717) is 12.6 Å². The topological polar surface area (TPSA) is 51.6 Å². The molecule has 1 aliphatic heterocycles. The lowest BCUT2D eigenvalue weighted by atomic mass is 10.1. The van der Waals surface area contributed by atoms with Gasteiger partial charge in [-0.05, 0) is 44.0 Å². The van der Waals surface area contributed by atoms with Crippen LogP contribution >= 0.6 is 11.3 Å². The van der Waals surface area contributed by atoms with E-state index in [1.54, 1.807) is 11.3 Å². The highest BCUT2D eigenvalue weighted by Crippen LogP contribution is 2.25. The van der Waals surface area contributed by atoms with E-state index in [0.717, 1.165) is 42.4 Å². The second-order valence-corrected chi connectivity index (χ2v) is 7.21. The van der Waals surface area contributed by atoms with Crippen molar-refractivity contribution in [2.75, 3.05) is 48.4 Å². The van der Waals surface area contributed by atoms with Crippen molar-refractivity contribution in [3.63, 3.8) is 0 Å². The van der Waals surface area contributed by atoms with Crippen LogP contribution in [-0.4, -0.2) is 49.4 Å². The summed E-state index contributed by atoms with van der Waals surface area (Å²) in [7, 11) is 1.99. The summed E-state index contributed by atoms with van der Waals surface area (Å²) < 4.78 is 0. The van der Waals surface area contributed by atoms with Gasteiger partial charge in [-0.15, -0.1) is 11.3 Å². The predicted molar refractivity (Wildman–Crippen MR) is 103 cm³/mol. The second kappa shape index (κ2) is 7.85. The number of nitrogens with one attached hydrogen (secondary N) is 1. The largest absolute Gasteiger partial charge is 0.395 e. The van der Waals surface area contributed by atoms with Crippen LogP contribution in [0.5, 0.6) is 0 Å². The predicted octanol–water partition coefficient (Wildman–Crippen LogP) is 2.96.